The molecule has 0 saturated heterocycles. The Labute approximate surface area is 368 Å². The molecule has 1 aromatic heterocycles. The molecule has 4 aliphatic rings. The number of aliphatic hydroxyl groups is 1. The first-order valence-corrected chi connectivity index (χ1v) is 23.0. The Bertz CT molecular complexity index is 2020. The zero-order valence-corrected chi connectivity index (χ0v) is 39.5. The molecule has 0 radical (unpaired) electrons. The molecule has 8 nitrogen and oxygen atoms in total. The van der Waals surface area contributed by atoms with Crippen molar-refractivity contribution in [1.29, 1.82) is 0 Å². The van der Waals surface area contributed by atoms with Gasteiger partial charge in [-0.1, -0.05) is 110 Å². The first-order chi connectivity index (χ1) is 28.7. The highest BCUT2D eigenvalue weighted by molar-refractivity contribution is 6.36. The van der Waals surface area contributed by atoms with E-state index in [0.29, 0.717) is 21.8 Å². The van der Waals surface area contributed by atoms with E-state index in [0.717, 1.165) is 97.9 Å². The molecule has 3 heterocycles. The van der Waals surface area contributed by atoms with Crippen molar-refractivity contribution in [3.05, 3.63) is 107 Å². The van der Waals surface area contributed by atoms with Gasteiger partial charge in [0.05, 0.1) is 27.8 Å². The van der Waals surface area contributed by atoms with Crippen molar-refractivity contribution in [2.24, 2.45) is 23.8 Å². The van der Waals surface area contributed by atoms with Crippen molar-refractivity contribution in [3.8, 4) is 11.1 Å². The molecule has 2 atom stereocenters. The van der Waals surface area contributed by atoms with Gasteiger partial charge in [-0.3, -0.25) is 4.90 Å². The molecule has 2 unspecified atom stereocenters. The average Bonchev–Trinajstić information content (AvgIpc) is 3.98. The van der Waals surface area contributed by atoms with E-state index in [1.165, 1.54) is 67.0 Å². The summed E-state index contributed by atoms with van der Waals surface area (Å²) in [5, 5.41) is 18.7. The van der Waals surface area contributed by atoms with E-state index in [-0.39, 0.29) is 6.17 Å². The molecule has 2 saturated carbocycles. The number of nitrogens with zero attached hydrogens (tertiary/aromatic N) is 4. The van der Waals surface area contributed by atoms with E-state index in [1.807, 2.05) is 6.07 Å². The number of hydrogen-bond donors (Lipinski definition) is 4. The predicted octanol–water partition coefficient (Wildman–Crippen LogP) is 12.3. The topological polar surface area (TPSA) is 80.6 Å². The number of nitrogens with one attached hydrogen (secondary N) is 3. The molecule has 3 aromatic rings. The minimum atomic E-state index is -0.0103. The van der Waals surface area contributed by atoms with Gasteiger partial charge in [-0.25, -0.2) is 4.98 Å². The Morgan fingerprint density at radius 1 is 0.983 bits per heavy atom. The molecule has 0 amide bonds. The smallest absolute Gasteiger partial charge is 0.156 e. The lowest BCUT2D eigenvalue weighted by atomic mass is 9.81. The van der Waals surface area contributed by atoms with Crippen molar-refractivity contribution in [3.63, 3.8) is 0 Å². The fraction of sp³-hybridized carbons (Fsp3) is 0.549. The highest BCUT2D eigenvalue weighted by Gasteiger charge is 2.53. The first-order valence-electron chi connectivity index (χ1n) is 22.6. The highest BCUT2D eigenvalue weighted by atomic mass is 35.5. The molecule has 2 bridgehead atoms. The third-order valence-corrected chi connectivity index (χ3v) is 13.8. The van der Waals surface area contributed by atoms with Crippen molar-refractivity contribution in [2.75, 3.05) is 37.9 Å². The van der Waals surface area contributed by atoms with Gasteiger partial charge < -0.3 is 30.5 Å². The Morgan fingerprint density at radius 2 is 1.63 bits per heavy atom. The van der Waals surface area contributed by atoms with Crippen molar-refractivity contribution in [2.45, 2.75) is 131 Å². The van der Waals surface area contributed by atoms with Crippen LogP contribution in [0.5, 0.6) is 0 Å². The van der Waals surface area contributed by atoms with Gasteiger partial charge in [-0.15, -0.1) is 6.58 Å². The first kappa shape index (κ1) is 47.1. The molecule has 60 heavy (non-hydrogen) atoms. The van der Waals surface area contributed by atoms with Gasteiger partial charge in [0.15, 0.2) is 5.82 Å². The summed E-state index contributed by atoms with van der Waals surface area (Å²) in [6.45, 7) is 31.9. The van der Waals surface area contributed by atoms with Crippen LogP contribution in [0.2, 0.25) is 5.02 Å². The summed E-state index contributed by atoms with van der Waals surface area (Å²) in [5.41, 5.74) is 12.9. The van der Waals surface area contributed by atoms with Crippen LogP contribution in [0.4, 0.5) is 11.4 Å². The number of anilines is 2. The van der Waals surface area contributed by atoms with Crippen LogP contribution in [0.15, 0.2) is 79.3 Å². The molecule has 4 N–H and O–H groups in total. The lowest BCUT2D eigenvalue weighted by molar-refractivity contribution is 0.139. The van der Waals surface area contributed by atoms with E-state index in [4.69, 9.17) is 21.7 Å². The zero-order valence-electron chi connectivity index (χ0n) is 38.7. The molecule has 2 aliphatic heterocycles. The molecule has 328 valence electrons. The van der Waals surface area contributed by atoms with Crippen LogP contribution in [0.3, 0.4) is 0 Å². The zero-order chi connectivity index (χ0) is 43.9. The van der Waals surface area contributed by atoms with Gasteiger partial charge in [0.2, 0.25) is 0 Å². The van der Waals surface area contributed by atoms with Crippen LogP contribution in [0.25, 0.3) is 16.8 Å². The van der Waals surface area contributed by atoms with Crippen LogP contribution >= 0.6 is 11.6 Å². The molecular weight excluding hydrogens is 762 g/mol. The second-order valence-corrected chi connectivity index (χ2v) is 18.9. The highest BCUT2D eigenvalue weighted by Crippen LogP contribution is 2.62. The van der Waals surface area contributed by atoms with Gasteiger partial charge in [0, 0.05) is 75.6 Å². The molecule has 2 aromatic carbocycles. The van der Waals surface area contributed by atoms with Crippen LogP contribution < -0.4 is 16.0 Å². The Morgan fingerprint density at radius 3 is 2.23 bits per heavy atom. The van der Waals surface area contributed by atoms with E-state index in [1.54, 1.807) is 0 Å². The number of fused-ring (bicyclic) bond motifs is 3. The summed E-state index contributed by atoms with van der Waals surface area (Å²) in [6.07, 6.45) is 14.0. The predicted molar refractivity (Wildman–Crippen MR) is 257 cm³/mol. The number of allylic oxidation sites excluding steroid dienone is 3. The Hall–Kier alpha value is -3.98. The van der Waals surface area contributed by atoms with Gasteiger partial charge >= 0.3 is 0 Å². The van der Waals surface area contributed by atoms with Gasteiger partial charge in [-0.2, -0.15) is 0 Å². The molecule has 0 spiro atoms. The summed E-state index contributed by atoms with van der Waals surface area (Å²) >= 11 is 7.34. The number of halogens is 1. The summed E-state index contributed by atoms with van der Waals surface area (Å²) < 4.78 is 2.23. The fourth-order valence-electron chi connectivity index (χ4n) is 10.2. The number of rotatable bonds is 15. The maximum absolute atomic E-state index is 7.34. The van der Waals surface area contributed by atoms with Gasteiger partial charge in [0.25, 0.3) is 0 Å². The molecule has 2 aliphatic carbocycles. The van der Waals surface area contributed by atoms with Crippen molar-refractivity contribution < 1.29 is 5.11 Å². The molecular formula is C51H76ClN7O. The summed E-state index contributed by atoms with van der Waals surface area (Å²) in [6, 6.07) is 12.7. The number of hydrogen-bond acceptors (Lipinski definition) is 7. The Kier molecular flexibility index (Phi) is 15.9. The average molecular weight is 839 g/mol. The van der Waals surface area contributed by atoms with E-state index in [2.05, 4.69) is 149 Å². The van der Waals surface area contributed by atoms with E-state index < -0.39 is 0 Å². The maximum atomic E-state index is 7.34. The summed E-state index contributed by atoms with van der Waals surface area (Å²) in [7, 11) is 5.30. The van der Waals surface area contributed by atoms with Crippen LogP contribution in [0, 0.1) is 16.7 Å². The van der Waals surface area contributed by atoms with E-state index >= 15 is 0 Å². The lowest BCUT2D eigenvalue weighted by Gasteiger charge is -2.35. The van der Waals surface area contributed by atoms with Gasteiger partial charge in [-0.05, 0) is 97.3 Å². The lowest BCUT2D eigenvalue weighted by Crippen LogP contribution is -2.39. The van der Waals surface area contributed by atoms with Gasteiger partial charge in [0.1, 0.15) is 6.17 Å². The number of imidazole rings is 1. The number of benzene rings is 2. The summed E-state index contributed by atoms with van der Waals surface area (Å²) in [4.78, 5) is 10.2. The monoisotopic (exact) mass is 838 g/mol. The second-order valence-electron chi connectivity index (χ2n) is 18.5. The molecule has 7 rings (SSSR count). The maximum Gasteiger partial charge on any atom is 0.156 e. The summed E-state index contributed by atoms with van der Waals surface area (Å²) in [5.74, 6) is 1.99. The Balaban J connectivity index is 0.00000107. The third kappa shape index (κ3) is 9.87. The number of aromatic nitrogens is 2. The van der Waals surface area contributed by atoms with Crippen LogP contribution in [0.1, 0.15) is 135 Å². The standard InChI is InChI=1S/C46H62ClN7.C4H10.CH4O/c1-10-16-39-35(12-3)50-43(52(39)8)31(6)48-36-19-14-17-33(41(36)30(5)11-2)34-18-15-20-37(42(34)47)49-32(7)44-51-38-27-54(26-21-40(38)53(44)9)29-46-24-22-45(13-4,28-46)23-25-46;1-4(2)3;1-2/h13-15,17-20,30,43,48-50H,4,6-7,10-12,16,21-29H2,1-3,5,8-9H3;4H,1-3H3;2H,1H3. The largest absolute Gasteiger partial charge is 0.400 e. The second kappa shape index (κ2) is 20.3. The normalized spacial score (nSPS) is 22.4. The SMILES string of the molecule is C=CC12CCC(CN3CCc4c(nc(C(=C)Nc5cccc(-c6cccc(NC(=C)C7NC(CC)=C(CCC)N7C)c6C(C)CC)c5Cl)n4C)C3)(CC1)C2.CC(C)C.CO. The number of likely N-dealkylation sites (N-methyl/N-ethyl adjacent to an activating group) is 1. The third-order valence-electron chi connectivity index (χ3n) is 13.4. The molecule has 9 heteroatoms. The van der Waals surface area contributed by atoms with Crippen LogP contribution in [-0.2, 0) is 20.0 Å². The minimum absolute atomic E-state index is 0.0103. The van der Waals surface area contributed by atoms with E-state index in [9.17, 15) is 0 Å². The van der Waals surface area contributed by atoms with Crippen LogP contribution in [-0.4, -0.2) is 57.9 Å². The number of aliphatic hydroxyl groups excluding tert-OH is 1. The quantitative estimate of drug-likeness (QED) is 0.114. The van der Waals surface area contributed by atoms with Crippen molar-refractivity contribution in [1.82, 2.24) is 24.7 Å². The van der Waals surface area contributed by atoms with Crippen molar-refractivity contribution >= 4 is 28.7 Å². The molecule has 2 fully saturated rings. The minimum Gasteiger partial charge on any atom is -0.400 e. The fourth-order valence-corrected chi connectivity index (χ4v) is 10.5.